The molecule has 0 aromatic carbocycles. The number of hydrogen-bond acceptors (Lipinski definition) is 6. The third kappa shape index (κ3) is 5.27. The molecule has 0 spiro atoms. The molecule has 6 nitrogen and oxygen atoms in total. The first-order valence-corrected chi connectivity index (χ1v) is 7.35. The summed E-state index contributed by atoms with van der Waals surface area (Å²) in [5.74, 6) is -1.26. The topological polar surface area (TPSA) is 93.1 Å². The number of carbonyl (C=O) groups excluding carboxylic acids is 2. The average molecular weight is 312 g/mol. The SMILES string of the molecule is C=C(CC1(CC(=C)C(=O)OCO)CCCCC1)C(=O)OCO. The predicted octanol–water partition coefficient (Wildman–Crippen LogP) is 1.82. The zero-order valence-electron chi connectivity index (χ0n) is 12.8. The number of aliphatic hydroxyl groups excluding tert-OH is 2. The highest BCUT2D eigenvalue weighted by Crippen LogP contribution is 2.45. The van der Waals surface area contributed by atoms with Gasteiger partial charge in [-0.25, -0.2) is 9.59 Å². The summed E-state index contributed by atoms with van der Waals surface area (Å²) in [5.41, 5.74) is 0.272. The second kappa shape index (κ2) is 8.70. The van der Waals surface area contributed by atoms with Crippen LogP contribution in [0, 0.1) is 5.41 Å². The molecule has 1 aliphatic rings. The molecule has 0 aromatic heterocycles. The van der Waals surface area contributed by atoms with E-state index in [1.165, 1.54) is 0 Å². The van der Waals surface area contributed by atoms with Crippen LogP contribution in [0.5, 0.6) is 0 Å². The molecule has 0 saturated heterocycles. The Hall–Kier alpha value is -1.66. The smallest absolute Gasteiger partial charge is 0.335 e. The first-order chi connectivity index (χ1) is 10.4. The predicted molar refractivity (Wildman–Crippen MR) is 79.4 cm³/mol. The highest BCUT2D eigenvalue weighted by atomic mass is 16.6. The zero-order chi connectivity index (χ0) is 16.6. The third-order valence-corrected chi connectivity index (χ3v) is 4.06. The Labute approximate surface area is 130 Å². The molecule has 6 heteroatoms. The number of aliphatic hydroxyl groups is 2. The monoisotopic (exact) mass is 312 g/mol. The van der Waals surface area contributed by atoms with E-state index < -0.39 is 25.5 Å². The van der Waals surface area contributed by atoms with E-state index in [0.717, 1.165) is 32.1 Å². The van der Waals surface area contributed by atoms with Crippen LogP contribution in [0.2, 0.25) is 0 Å². The molecule has 0 bridgehead atoms. The van der Waals surface area contributed by atoms with Crippen molar-refractivity contribution >= 4 is 11.9 Å². The second-order valence-electron chi connectivity index (χ2n) is 5.74. The third-order valence-electron chi connectivity index (χ3n) is 4.06. The Morgan fingerprint density at radius 3 is 1.64 bits per heavy atom. The van der Waals surface area contributed by atoms with Crippen LogP contribution in [0.25, 0.3) is 0 Å². The van der Waals surface area contributed by atoms with Gasteiger partial charge in [-0.2, -0.15) is 0 Å². The number of rotatable bonds is 8. The number of ether oxygens (including phenoxy) is 2. The van der Waals surface area contributed by atoms with E-state index in [-0.39, 0.29) is 16.6 Å². The minimum Gasteiger partial charge on any atom is -0.435 e. The fourth-order valence-electron chi connectivity index (χ4n) is 3.09. The van der Waals surface area contributed by atoms with Crippen molar-refractivity contribution in [2.75, 3.05) is 13.6 Å². The van der Waals surface area contributed by atoms with Crippen LogP contribution in [0.3, 0.4) is 0 Å². The fourth-order valence-corrected chi connectivity index (χ4v) is 3.09. The van der Waals surface area contributed by atoms with E-state index in [1.807, 2.05) is 0 Å². The Morgan fingerprint density at radius 2 is 1.27 bits per heavy atom. The van der Waals surface area contributed by atoms with Crippen LogP contribution < -0.4 is 0 Å². The van der Waals surface area contributed by atoms with Crippen LogP contribution >= 0.6 is 0 Å². The van der Waals surface area contributed by atoms with Gasteiger partial charge in [0.05, 0.1) is 0 Å². The summed E-state index contributed by atoms with van der Waals surface area (Å²) in [7, 11) is 0. The molecule has 2 N–H and O–H groups in total. The Balaban J connectivity index is 2.77. The van der Waals surface area contributed by atoms with Gasteiger partial charge in [0, 0.05) is 11.1 Å². The van der Waals surface area contributed by atoms with E-state index in [0.29, 0.717) is 12.8 Å². The van der Waals surface area contributed by atoms with Gasteiger partial charge in [0.2, 0.25) is 0 Å². The summed E-state index contributed by atoms with van der Waals surface area (Å²) in [4.78, 5) is 23.3. The first kappa shape index (κ1) is 18.4. The van der Waals surface area contributed by atoms with Gasteiger partial charge in [0.25, 0.3) is 0 Å². The molecular formula is C16H24O6. The van der Waals surface area contributed by atoms with Crippen molar-refractivity contribution in [2.24, 2.45) is 5.41 Å². The molecule has 0 atom stereocenters. The van der Waals surface area contributed by atoms with Crippen LogP contribution in [0.4, 0.5) is 0 Å². The quantitative estimate of drug-likeness (QED) is 0.403. The lowest BCUT2D eigenvalue weighted by Gasteiger charge is -2.38. The standard InChI is InChI=1S/C16H24O6/c1-12(14(19)21-10-17)8-16(6-4-3-5-7-16)9-13(2)15(20)22-11-18/h17-18H,1-11H2. The van der Waals surface area contributed by atoms with E-state index in [1.54, 1.807) is 0 Å². The van der Waals surface area contributed by atoms with Gasteiger partial charge in [-0.15, -0.1) is 0 Å². The van der Waals surface area contributed by atoms with Gasteiger partial charge >= 0.3 is 11.9 Å². The molecule has 1 rings (SSSR count). The number of carbonyl (C=O) groups is 2. The molecule has 0 aromatic rings. The molecule has 0 unspecified atom stereocenters. The van der Waals surface area contributed by atoms with Gasteiger partial charge in [-0.05, 0) is 31.1 Å². The summed E-state index contributed by atoms with van der Waals surface area (Å²) >= 11 is 0. The lowest BCUT2D eigenvalue weighted by molar-refractivity contribution is -0.147. The minimum absolute atomic E-state index is 0.277. The van der Waals surface area contributed by atoms with Crippen molar-refractivity contribution in [1.82, 2.24) is 0 Å². The first-order valence-electron chi connectivity index (χ1n) is 7.35. The van der Waals surface area contributed by atoms with Gasteiger partial charge in [0.1, 0.15) is 0 Å². The Kier molecular flexibility index (Phi) is 7.27. The van der Waals surface area contributed by atoms with Gasteiger partial charge in [-0.1, -0.05) is 32.4 Å². The molecule has 0 radical (unpaired) electrons. The summed E-state index contributed by atoms with van der Waals surface area (Å²) < 4.78 is 9.10. The lowest BCUT2D eigenvalue weighted by Crippen LogP contribution is -2.28. The minimum atomic E-state index is -0.680. The van der Waals surface area contributed by atoms with Gasteiger partial charge in [0.15, 0.2) is 13.6 Å². The van der Waals surface area contributed by atoms with Crippen LogP contribution in [-0.2, 0) is 19.1 Å². The van der Waals surface area contributed by atoms with E-state index in [2.05, 4.69) is 22.6 Å². The lowest BCUT2D eigenvalue weighted by atomic mass is 9.67. The van der Waals surface area contributed by atoms with Gasteiger partial charge < -0.3 is 19.7 Å². The molecule has 1 saturated carbocycles. The summed E-state index contributed by atoms with van der Waals surface area (Å²) in [6.45, 7) is 6.10. The molecule has 1 aliphatic carbocycles. The van der Waals surface area contributed by atoms with Crippen molar-refractivity contribution in [3.05, 3.63) is 24.3 Å². The van der Waals surface area contributed by atoms with E-state index in [4.69, 9.17) is 10.2 Å². The second-order valence-corrected chi connectivity index (χ2v) is 5.74. The summed E-state index contributed by atoms with van der Waals surface area (Å²) in [6, 6.07) is 0. The highest BCUT2D eigenvalue weighted by Gasteiger charge is 2.36. The normalized spacial score (nSPS) is 16.6. The van der Waals surface area contributed by atoms with Gasteiger partial charge in [-0.3, -0.25) is 0 Å². The largest absolute Gasteiger partial charge is 0.435 e. The Morgan fingerprint density at radius 1 is 0.864 bits per heavy atom. The number of esters is 2. The molecule has 22 heavy (non-hydrogen) atoms. The van der Waals surface area contributed by atoms with Crippen molar-refractivity contribution < 1.29 is 29.3 Å². The number of hydrogen-bond donors (Lipinski definition) is 2. The van der Waals surface area contributed by atoms with E-state index in [9.17, 15) is 9.59 Å². The zero-order valence-corrected chi connectivity index (χ0v) is 12.8. The molecule has 1 fully saturated rings. The molecule has 0 heterocycles. The van der Waals surface area contributed by atoms with Crippen molar-refractivity contribution in [2.45, 2.75) is 44.9 Å². The van der Waals surface area contributed by atoms with Crippen molar-refractivity contribution in [3.8, 4) is 0 Å². The summed E-state index contributed by atoms with van der Waals surface area (Å²) in [5, 5.41) is 17.3. The van der Waals surface area contributed by atoms with Crippen LogP contribution in [-0.4, -0.2) is 35.7 Å². The van der Waals surface area contributed by atoms with Crippen LogP contribution in [0.1, 0.15) is 44.9 Å². The fraction of sp³-hybridized carbons (Fsp3) is 0.625. The van der Waals surface area contributed by atoms with E-state index >= 15 is 0 Å². The highest BCUT2D eigenvalue weighted by molar-refractivity contribution is 5.89. The molecule has 0 amide bonds. The van der Waals surface area contributed by atoms with Crippen molar-refractivity contribution in [1.29, 1.82) is 0 Å². The molecular weight excluding hydrogens is 288 g/mol. The van der Waals surface area contributed by atoms with Crippen molar-refractivity contribution in [3.63, 3.8) is 0 Å². The molecule has 124 valence electrons. The Bertz CT molecular complexity index is 400. The molecule has 0 aliphatic heterocycles. The summed E-state index contributed by atoms with van der Waals surface area (Å²) in [6.07, 6.45) is 5.60. The average Bonchev–Trinajstić information content (AvgIpc) is 2.48. The van der Waals surface area contributed by atoms with Crippen LogP contribution in [0.15, 0.2) is 24.3 Å². The maximum Gasteiger partial charge on any atom is 0.335 e. The maximum atomic E-state index is 11.7. The maximum absolute atomic E-state index is 11.7.